The topological polar surface area (TPSA) is 38.9 Å². The van der Waals surface area contributed by atoms with Crippen molar-refractivity contribution in [2.45, 2.75) is 6.82 Å². The summed E-state index contributed by atoms with van der Waals surface area (Å²) in [5, 5.41) is 1.12. The molecule has 0 fully saturated rings. The highest BCUT2D eigenvalue weighted by Gasteiger charge is 2.00. The van der Waals surface area contributed by atoms with Gasteiger partial charge in [-0.2, -0.15) is 0 Å². The van der Waals surface area contributed by atoms with Crippen molar-refractivity contribution in [2.24, 2.45) is 0 Å². The Labute approximate surface area is 78.0 Å². The fraction of sp³-hybridized carbons (Fsp3) is 0.100. The molecule has 0 radical (unpaired) electrons. The molecule has 0 atom stereocenters. The fourth-order valence-corrected chi connectivity index (χ4v) is 1.49. The van der Waals surface area contributed by atoms with E-state index in [-0.39, 0.29) is 0 Å². The van der Waals surface area contributed by atoms with Crippen LogP contribution in [0.4, 0.5) is 5.69 Å². The van der Waals surface area contributed by atoms with Crippen LogP contribution in [0.2, 0.25) is 6.82 Å². The molecule has 0 spiro atoms. The minimum atomic E-state index is 0.773. The molecule has 3 heteroatoms. The number of anilines is 1. The second-order valence-corrected chi connectivity index (χ2v) is 3.11. The van der Waals surface area contributed by atoms with Crippen LogP contribution in [-0.2, 0) is 0 Å². The van der Waals surface area contributed by atoms with Crippen molar-refractivity contribution in [1.82, 2.24) is 4.98 Å². The molecule has 1 aromatic heterocycles. The number of fused-ring (bicyclic) bond motifs is 1. The number of hydrogen-bond acceptors (Lipinski definition) is 2. The van der Waals surface area contributed by atoms with E-state index in [2.05, 4.69) is 17.9 Å². The van der Waals surface area contributed by atoms with Crippen molar-refractivity contribution in [3.63, 3.8) is 0 Å². The Hall–Kier alpha value is -1.51. The summed E-state index contributed by atoms with van der Waals surface area (Å²) in [6.45, 7) is 2.12. The molecule has 0 unspecified atom stereocenters. The Bertz CT molecular complexity index is 440. The van der Waals surface area contributed by atoms with Crippen molar-refractivity contribution in [3.05, 3.63) is 30.5 Å². The number of hydrogen-bond donors (Lipinski definition) is 1. The average molecular weight is 170 g/mol. The highest BCUT2D eigenvalue weighted by molar-refractivity contribution is 6.52. The summed E-state index contributed by atoms with van der Waals surface area (Å²) < 4.78 is 0. The fourth-order valence-electron chi connectivity index (χ4n) is 1.49. The van der Waals surface area contributed by atoms with Crippen LogP contribution < -0.4 is 11.2 Å². The molecule has 0 saturated heterocycles. The van der Waals surface area contributed by atoms with Crippen LogP contribution in [0.25, 0.3) is 10.9 Å². The van der Waals surface area contributed by atoms with Crippen LogP contribution in [0, 0.1) is 0 Å². The van der Waals surface area contributed by atoms with Gasteiger partial charge in [-0.25, -0.2) is 0 Å². The van der Waals surface area contributed by atoms with Gasteiger partial charge in [0.25, 0.3) is 0 Å². The van der Waals surface area contributed by atoms with Gasteiger partial charge in [-0.15, -0.1) is 0 Å². The molecule has 0 aliphatic heterocycles. The molecule has 0 saturated carbocycles. The number of rotatable bonds is 1. The van der Waals surface area contributed by atoms with Crippen LogP contribution in [0.15, 0.2) is 30.5 Å². The van der Waals surface area contributed by atoms with Gasteiger partial charge in [-0.3, -0.25) is 4.98 Å². The zero-order valence-electron chi connectivity index (χ0n) is 7.62. The average Bonchev–Trinajstić information content (AvgIpc) is 2.18. The number of aromatic nitrogens is 1. The Morgan fingerprint density at radius 3 is 3.00 bits per heavy atom. The Morgan fingerprint density at radius 2 is 2.23 bits per heavy atom. The maximum absolute atomic E-state index is 5.87. The predicted molar refractivity (Wildman–Crippen MR) is 58.8 cm³/mol. The van der Waals surface area contributed by atoms with Gasteiger partial charge in [0.2, 0.25) is 0 Å². The zero-order valence-corrected chi connectivity index (χ0v) is 7.62. The van der Waals surface area contributed by atoms with E-state index in [4.69, 9.17) is 5.73 Å². The van der Waals surface area contributed by atoms with Crippen LogP contribution in [0.3, 0.4) is 0 Å². The van der Waals surface area contributed by atoms with Gasteiger partial charge in [0.1, 0.15) is 0 Å². The minimum Gasteiger partial charge on any atom is -0.397 e. The molecule has 1 heterocycles. The molecule has 64 valence electrons. The quantitative estimate of drug-likeness (QED) is 0.510. The van der Waals surface area contributed by atoms with Crippen molar-refractivity contribution in [1.29, 1.82) is 0 Å². The SMILES string of the molecule is CBc1cc(N)c2ncccc2c1. The third-order valence-corrected chi connectivity index (χ3v) is 2.20. The van der Waals surface area contributed by atoms with Gasteiger partial charge in [0, 0.05) is 11.6 Å². The summed E-state index contributed by atoms with van der Waals surface area (Å²) in [6.07, 6.45) is 1.77. The van der Waals surface area contributed by atoms with E-state index in [0.717, 1.165) is 23.9 Å². The third kappa shape index (κ3) is 1.37. The van der Waals surface area contributed by atoms with Crippen LogP contribution in [0.1, 0.15) is 0 Å². The number of nitrogens with two attached hydrogens (primary N) is 1. The molecule has 13 heavy (non-hydrogen) atoms. The molecule has 0 aliphatic carbocycles. The first-order valence-electron chi connectivity index (χ1n) is 4.44. The smallest absolute Gasteiger partial charge is 0.154 e. The number of benzene rings is 1. The van der Waals surface area contributed by atoms with Gasteiger partial charge in [0.05, 0.1) is 11.2 Å². The van der Waals surface area contributed by atoms with Gasteiger partial charge < -0.3 is 5.73 Å². The second kappa shape index (κ2) is 3.09. The lowest BCUT2D eigenvalue weighted by Gasteiger charge is -2.03. The van der Waals surface area contributed by atoms with Crippen molar-refractivity contribution in [3.8, 4) is 0 Å². The first-order chi connectivity index (χ1) is 6.31. The standard InChI is InChI=1S/C10H11BN2/c1-11-8-5-7-3-2-4-13-10(7)9(12)6-8/h2-6,11H,12H2,1H3. The molecule has 2 aromatic rings. The zero-order chi connectivity index (χ0) is 9.26. The summed E-state index contributed by atoms with van der Waals surface area (Å²) in [5.41, 5.74) is 8.81. The highest BCUT2D eigenvalue weighted by atomic mass is 14.7. The second-order valence-electron chi connectivity index (χ2n) is 3.11. The van der Waals surface area contributed by atoms with E-state index in [1.165, 1.54) is 5.46 Å². The summed E-state index contributed by atoms with van der Waals surface area (Å²) in [7, 11) is 1.01. The predicted octanol–water partition coefficient (Wildman–Crippen LogP) is 0.927. The lowest BCUT2D eigenvalue weighted by Crippen LogP contribution is -2.11. The molecule has 2 rings (SSSR count). The maximum atomic E-state index is 5.87. The van der Waals surface area contributed by atoms with Crippen molar-refractivity contribution in [2.75, 3.05) is 5.73 Å². The number of nitrogens with zero attached hydrogens (tertiary/aromatic N) is 1. The van der Waals surface area contributed by atoms with E-state index >= 15 is 0 Å². The number of pyridine rings is 1. The highest BCUT2D eigenvalue weighted by Crippen LogP contribution is 2.15. The van der Waals surface area contributed by atoms with Crippen LogP contribution in [-0.4, -0.2) is 12.3 Å². The normalized spacial score (nSPS) is 10.2. The lowest BCUT2D eigenvalue weighted by molar-refractivity contribution is 1.42. The lowest BCUT2D eigenvalue weighted by atomic mass is 9.73. The Kier molecular flexibility index (Phi) is 1.93. The largest absolute Gasteiger partial charge is 0.397 e. The molecular weight excluding hydrogens is 159 g/mol. The molecule has 0 amide bonds. The van der Waals surface area contributed by atoms with Gasteiger partial charge >= 0.3 is 0 Å². The molecule has 0 bridgehead atoms. The van der Waals surface area contributed by atoms with E-state index in [9.17, 15) is 0 Å². The van der Waals surface area contributed by atoms with Crippen LogP contribution in [0.5, 0.6) is 0 Å². The van der Waals surface area contributed by atoms with Crippen LogP contribution >= 0.6 is 0 Å². The van der Waals surface area contributed by atoms with Gasteiger partial charge in [0.15, 0.2) is 7.28 Å². The molecular formula is C10H11BN2. The summed E-state index contributed by atoms with van der Waals surface area (Å²) in [6, 6.07) is 8.10. The maximum Gasteiger partial charge on any atom is 0.154 e. The van der Waals surface area contributed by atoms with Crippen molar-refractivity contribution >= 4 is 29.3 Å². The minimum absolute atomic E-state index is 0.773. The van der Waals surface area contributed by atoms with Gasteiger partial charge in [-0.1, -0.05) is 24.4 Å². The number of nitrogen functional groups attached to an aromatic ring is 1. The van der Waals surface area contributed by atoms with E-state index in [1.54, 1.807) is 6.20 Å². The van der Waals surface area contributed by atoms with Gasteiger partial charge in [-0.05, 0) is 12.1 Å². The summed E-state index contributed by atoms with van der Waals surface area (Å²) >= 11 is 0. The monoisotopic (exact) mass is 170 g/mol. The third-order valence-electron chi connectivity index (χ3n) is 2.20. The molecule has 0 aliphatic rings. The molecule has 2 nitrogen and oxygen atoms in total. The van der Waals surface area contributed by atoms with Crippen molar-refractivity contribution < 1.29 is 0 Å². The molecule has 1 aromatic carbocycles. The van der Waals surface area contributed by atoms with E-state index in [0.29, 0.717) is 0 Å². The van der Waals surface area contributed by atoms with E-state index < -0.39 is 0 Å². The Morgan fingerprint density at radius 1 is 1.38 bits per heavy atom. The Balaban J connectivity index is 2.77. The first kappa shape index (κ1) is 8.11. The molecule has 2 N–H and O–H groups in total. The first-order valence-corrected chi connectivity index (χ1v) is 4.44. The van der Waals surface area contributed by atoms with E-state index in [1.807, 2.05) is 18.2 Å². The summed E-state index contributed by atoms with van der Waals surface area (Å²) in [4.78, 5) is 4.23. The summed E-state index contributed by atoms with van der Waals surface area (Å²) in [5.74, 6) is 0.